The Balaban J connectivity index is 2.04. The topological polar surface area (TPSA) is 57.5 Å². The molecule has 0 saturated heterocycles. The molecule has 104 valence electrons. The highest BCUT2D eigenvalue weighted by atomic mass is 16.4. The molecule has 0 aromatic heterocycles. The summed E-state index contributed by atoms with van der Waals surface area (Å²) in [5.41, 5.74) is 0.277. The lowest BCUT2D eigenvalue weighted by atomic mass is 9.70. The Morgan fingerprint density at radius 2 is 1.89 bits per heavy atom. The van der Waals surface area contributed by atoms with Gasteiger partial charge in [-0.25, -0.2) is 0 Å². The number of aliphatic hydroxyl groups is 1. The summed E-state index contributed by atoms with van der Waals surface area (Å²) in [6.45, 7) is 1.83. The van der Waals surface area contributed by atoms with Gasteiger partial charge in [-0.05, 0) is 43.6 Å². The van der Waals surface area contributed by atoms with Crippen molar-refractivity contribution in [3.05, 3.63) is 35.9 Å². The molecule has 1 aromatic carbocycles. The molecule has 0 aliphatic heterocycles. The molecule has 1 aliphatic carbocycles. The standard InChI is InChI=1S/C16H22O3/c1-2-14(15(17)18)16(19)10-8-13(9-11-16)12-6-4-3-5-7-12/h3-7,13-14,19H,2,8-11H2,1H3,(H,17,18)/t13?,14-,16?/m0/s1. The van der Waals surface area contributed by atoms with Crippen LogP contribution in [-0.4, -0.2) is 21.8 Å². The Morgan fingerprint density at radius 1 is 1.32 bits per heavy atom. The van der Waals surface area contributed by atoms with E-state index in [1.54, 1.807) is 0 Å². The maximum Gasteiger partial charge on any atom is 0.309 e. The fourth-order valence-corrected chi connectivity index (χ4v) is 3.31. The summed E-state index contributed by atoms with van der Waals surface area (Å²) in [5.74, 6) is -1.06. The molecule has 3 heteroatoms. The lowest BCUT2D eigenvalue weighted by Crippen LogP contribution is -2.44. The highest BCUT2D eigenvalue weighted by Crippen LogP contribution is 2.42. The molecule has 2 N–H and O–H groups in total. The summed E-state index contributed by atoms with van der Waals surface area (Å²) >= 11 is 0. The lowest BCUT2D eigenvalue weighted by molar-refractivity contribution is -0.155. The molecule has 1 aliphatic rings. The van der Waals surface area contributed by atoms with E-state index in [0.29, 0.717) is 25.2 Å². The first-order chi connectivity index (χ1) is 9.07. The third kappa shape index (κ3) is 2.98. The van der Waals surface area contributed by atoms with Crippen molar-refractivity contribution < 1.29 is 15.0 Å². The van der Waals surface area contributed by atoms with Crippen LogP contribution in [0.15, 0.2) is 30.3 Å². The molecule has 0 heterocycles. The Bertz CT molecular complexity index is 419. The van der Waals surface area contributed by atoms with Crippen molar-refractivity contribution in [2.45, 2.75) is 50.5 Å². The van der Waals surface area contributed by atoms with Crippen LogP contribution in [0.25, 0.3) is 0 Å². The van der Waals surface area contributed by atoms with Crippen molar-refractivity contribution in [2.75, 3.05) is 0 Å². The zero-order valence-electron chi connectivity index (χ0n) is 11.4. The molecule has 19 heavy (non-hydrogen) atoms. The second-order valence-electron chi connectivity index (χ2n) is 5.59. The molecule has 1 saturated carbocycles. The summed E-state index contributed by atoms with van der Waals surface area (Å²) in [7, 11) is 0. The van der Waals surface area contributed by atoms with E-state index in [1.807, 2.05) is 25.1 Å². The van der Waals surface area contributed by atoms with Crippen LogP contribution in [0.5, 0.6) is 0 Å². The predicted octanol–water partition coefficient (Wildman–Crippen LogP) is 3.19. The van der Waals surface area contributed by atoms with Crippen molar-refractivity contribution in [3.8, 4) is 0 Å². The quantitative estimate of drug-likeness (QED) is 0.876. The number of hydrogen-bond acceptors (Lipinski definition) is 2. The predicted molar refractivity (Wildman–Crippen MR) is 74.0 cm³/mol. The molecule has 3 nitrogen and oxygen atoms in total. The monoisotopic (exact) mass is 262 g/mol. The lowest BCUT2D eigenvalue weighted by Gasteiger charge is -2.39. The molecule has 0 spiro atoms. The van der Waals surface area contributed by atoms with Crippen LogP contribution in [0, 0.1) is 5.92 Å². The first-order valence-electron chi connectivity index (χ1n) is 7.07. The van der Waals surface area contributed by atoms with Crippen LogP contribution in [0.4, 0.5) is 0 Å². The maximum atomic E-state index is 11.2. The Labute approximate surface area is 114 Å². The Hall–Kier alpha value is -1.35. The molecule has 0 bridgehead atoms. The van der Waals surface area contributed by atoms with Gasteiger partial charge in [0.25, 0.3) is 0 Å². The normalized spacial score (nSPS) is 28.8. The number of benzene rings is 1. The average molecular weight is 262 g/mol. The number of carbonyl (C=O) groups is 1. The van der Waals surface area contributed by atoms with Crippen LogP contribution in [0.1, 0.15) is 50.5 Å². The fourth-order valence-electron chi connectivity index (χ4n) is 3.31. The highest BCUT2D eigenvalue weighted by molar-refractivity contribution is 5.71. The summed E-state index contributed by atoms with van der Waals surface area (Å²) in [4.78, 5) is 11.2. The summed E-state index contributed by atoms with van der Waals surface area (Å²) in [6, 6.07) is 10.3. The van der Waals surface area contributed by atoms with Gasteiger partial charge in [0.1, 0.15) is 0 Å². The van der Waals surface area contributed by atoms with E-state index in [0.717, 1.165) is 12.8 Å². The minimum absolute atomic E-state index is 0.452. The van der Waals surface area contributed by atoms with Crippen molar-refractivity contribution in [1.29, 1.82) is 0 Å². The molecule has 0 radical (unpaired) electrons. The summed E-state index contributed by atoms with van der Waals surface area (Å²) in [6.07, 6.45) is 3.38. The fraction of sp³-hybridized carbons (Fsp3) is 0.562. The number of carboxylic acids is 1. The van der Waals surface area contributed by atoms with Crippen molar-refractivity contribution >= 4 is 5.97 Å². The zero-order valence-corrected chi connectivity index (χ0v) is 11.4. The van der Waals surface area contributed by atoms with Gasteiger partial charge in [-0.15, -0.1) is 0 Å². The van der Waals surface area contributed by atoms with Crippen LogP contribution in [0.2, 0.25) is 0 Å². The van der Waals surface area contributed by atoms with Gasteiger partial charge in [0, 0.05) is 0 Å². The maximum absolute atomic E-state index is 11.2. The number of aliphatic carboxylic acids is 1. The molecule has 1 fully saturated rings. The summed E-state index contributed by atoms with van der Waals surface area (Å²) < 4.78 is 0. The van der Waals surface area contributed by atoms with E-state index in [-0.39, 0.29) is 0 Å². The van der Waals surface area contributed by atoms with E-state index in [1.165, 1.54) is 5.56 Å². The third-order valence-electron chi connectivity index (χ3n) is 4.48. The van der Waals surface area contributed by atoms with E-state index in [2.05, 4.69) is 12.1 Å². The molecule has 0 amide bonds. The van der Waals surface area contributed by atoms with E-state index < -0.39 is 17.5 Å². The minimum Gasteiger partial charge on any atom is -0.481 e. The number of carboxylic acid groups (broad SMARTS) is 1. The molecule has 1 atom stereocenters. The van der Waals surface area contributed by atoms with Crippen LogP contribution in [-0.2, 0) is 4.79 Å². The molecule has 2 rings (SSSR count). The second-order valence-corrected chi connectivity index (χ2v) is 5.59. The van der Waals surface area contributed by atoms with E-state index in [9.17, 15) is 15.0 Å². The van der Waals surface area contributed by atoms with Crippen LogP contribution >= 0.6 is 0 Å². The number of hydrogen-bond donors (Lipinski definition) is 2. The van der Waals surface area contributed by atoms with Gasteiger partial charge in [0.2, 0.25) is 0 Å². The van der Waals surface area contributed by atoms with E-state index in [4.69, 9.17) is 0 Å². The van der Waals surface area contributed by atoms with Gasteiger partial charge >= 0.3 is 5.97 Å². The largest absolute Gasteiger partial charge is 0.481 e. The van der Waals surface area contributed by atoms with Gasteiger partial charge in [-0.2, -0.15) is 0 Å². The smallest absolute Gasteiger partial charge is 0.309 e. The molecular weight excluding hydrogens is 240 g/mol. The van der Waals surface area contributed by atoms with Crippen molar-refractivity contribution in [3.63, 3.8) is 0 Å². The van der Waals surface area contributed by atoms with Gasteiger partial charge < -0.3 is 10.2 Å². The molecular formula is C16H22O3. The van der Waals surface area contributed by atoms with Gasteiger partial charge in [0.15, 0.2) is 0 Å². The molecule has 0 unspecified atom stereocenters. The average Bonchev–Trinajstić information content (AvgIpc) is 2.40. The first-order valence-corrected chi connectivity index (χ1v) is 7.07. The van der Waals surface area contributed by atoms with Crippen molar-refractivity contribution in [2.24, 2.45) is 5.92 Å². The van der Waals surface area contributed by atoms with E-state index >= 15 is 0 Å². The highest BCUT2D eigenvalue weighted by Gasteiger charge is 2.43. The third-order valence-corrected chi connectivity index (χ3v) is 4.48. The number of rotatable bonds is 4. The first kappa shape index (κ1) is 14.1. The molecule has 1 aromatic rings. The zero-order chi connectivity index (χ0) is 13.9. The van der Waals surface area contributed by atoms with Crippen molar-refractivity contribution in [1.82, 2.24) is 0 Å². The van der Waals surface area contributed by atoms with Crippen LogP contribution < -0.4 is 0 Å². The SMILES string of the molecule is CC[C@@H](C(=O)O)C1(O)CCC(c2ccccc2)CC1. The van der Waals surface area contributed by atoms with Crippen LogP contribution in [0.3, 0.4) is 0 Å². The minimum atomic E-state index is -1.02. The van der Waals surface area contributed by atoms with Gasteiger partial charge in [-0.3, -0.25) is 4.79 Å². The summed E-state index contributed by atoms with van der Waals surface area (Å²) in [5, 5.41) is 19.8. The van der Waals surface area contributed by atoms with Gasteiger partial charge in [-0.1, -0.05) is 37.3 Å². The van der Waals surface area contributed by atoms with Gasteiger partial charge in [0.05, 0.1) is 11.5 Å². The Morgan fingerprint density at radius 3 is 2.37 bits per heavy atom. The Kier molecular flexibility index (Phi) is 4.25. The second kappa shape index (κ2) is 5.74.